The van der Waals surface area contributed by atoms with Gasteiger partial charge in [0.25, 0.3) is 0 Å². The number of amides is 2. The van der Waals surface area contributed by atoms with E-state index < -0.39 is 29.6 Å². The molecule has 2 rings (SSSR count). The highest BCUT2D eigenvalue weighted by Crippen LogP contribution is 2.14. The molecule has 0 radical (unpaired) electrons. The third-order valence-electron chi connectivity index (χ3n) is 3.35. The van der Waals surface area contributed by atoms with Crippen LogP contribution in [-0.2, 0) is 9.59 Å². The number of aryl methyl sites for hydroxylation is 1. The van der Waals surface area contributed by atoms with E-state index in [1.807, 2.05) is 0 Å². The molecule has 3 N–H and O–H groups in total. The predicted molar refractivity (Wildman–Crippen MR) is 84.1 cm³/mol. The molecule has 0 aliphatic rings. The van der Waals surface area contributed by atoms with E-state index in [0.717, 1.165) is 6.07 Å². The molecule has 7 heteroatoms. The van der Waals surface area contributed by atoms with Crippen molar-refractivity contribution in [3.63, 3.8) is 0 Å². The summed E-state index contributed by atoms with van der Waals surface area (Å²) in [7, 11) is 0. The van der Waals surface area contributed by atoms with E-state index in [9.17, 15) is 23.5 Å². The molecule has 2 aromatic rings. The van der Waals surface area contributed by atoms with Gasteiger partial charge in [-0.1, -0.05) is 18.2 Å². The summed E-state index contributed by atoms with van der Waals surface area (Å²) in [6.07, 6.45) is -1.08. The second-order valence-corrected chi connectivity index (χ2v) is 5.20. The number of carbonyl (C=O) groups excluding carboxylic acids is 2. The molecule has 126 valence electrons. The van der Waals surface area contributed by atoms with Crippen molar-refractivity contribution in [2.24, 2.45) is 0 Å². The van der Waals surface area contributed by atoms with Crippen LogP contribution in [0.1, 0.15) is 17.2 Å². The minimum Gasteiger partial charge on any atom is -0.387 e. The normalized spacial score (nSPS) is 11.7. The van der Waals surface area contributed by atoms with Crippen molar-refractivity contribution in [1.82, 2.24) is 5.32 Å². The molecule has 0 saturated heterocycles. The fraction of sp³-hybridized carbons (Fsp3) is 0.176. The highest BCUT2D eigenvalue weighted by Gasteiger charge is 2.16. The van der Waals surface area contributed by atoms with Crippen LogP contribution in [0.5, 0.6) is 0 Å². The molecule has 0 spiro atoms. The summed E-state index contributed by atoms with van der Waals surface area (Å²) in [4.78, 5) is 23.4. The maximum atomic E-state index is 13.4. The Hall–Kier alpha value is -2.80. The number of aliphatic hydroxyl groups is 1. The number of benzene rings is 2. The lowest BCUT2D eigenvalue weighted by Crippen LogP contribution is -2.37. The molecule has 2 aromatic carbocycles. The van der Waals surface area contributed by atoms with Crippen LogP contribution in [0.4, 0.5) is 14.5 Å². The van der Waals surface area contributed by atoms with Crippen molar-refractivity contribution in [2.45, 2.75) is 13.0 Å². The monoisotopic (exact) mass is 334 g/mol. The number of hydrogen-bond donors (Lipinski definition) is 3. The largest absolute Gasteiger partial charge is 0.387 e. The van der Waals surface area contributed by atoms with Gasteiger partial charge in [0.1, 0.15) is 11.6 Å². The fourth-order valence-electron chi connectivity index (χ4n) is 1.93. The van der Waals surface area contributed by atoms with Crippen LogP contribution in [0.3, 0.4) is 0 Å². The van der Waals surface area contributed by atoms with Gasteiger partial charge in [-0.25, -0.2) is 8.78 Å². The Balaban J connectivity index is 1.88. The molecule has 0 fully saturated rings. The molecule has 1 atom stereocenters. The summed E-state index contributed by atoms with van der Waals surface area (Å²) in [5.74, 6) is -2.90. The van der Waals surface area contributed by atoms with E-state index in [4.69, 9.17) is 0 Å². The zero-order valence-corrected chi connectivity index (χ0v) is 12.8. The van der Waals surface area contributed by atoms with Gasteiger partial charge >= 0.3 is 11.8 Å². The Kier molecular flexibility index (Phi) is 5.59. The third-order valence-corrected chi connectivity index (χ3v) is 3.35. The van der Waals surface area contributed by atoms with Crippen molar-refractivity contribution in [1.29, 1.82) is 0 Å². The van der Waals surface area contributed by atoms with Crippen molar-refractivity contribution in [2.75, 3.05) is 11.9 Å². The highest BCUT2D eigenvalue weighted by atomic mass is 19.1. The van der Waals surface area contributed by atoms with Gasteiger partial charge in [0.2, 0.25) is 0 Å². The average molecular weight is 334 g/mol. The quantitative estimate of drug-likeness (QED) is 0.749. The zero-order chi connectivity index (χ0) is 17.7. The molecule has 2 amide bonds. The average Bonchev–Trinajstić information content (AvgIpc) is 2.56. The van der Waals surface area contributed by atoms with Gasteiger partial charge in [-0.3, -0.25) is 9.59 Å². The van der Waals surface area contributed by atoms with Gasteiger partial charge in [0.05, 0.1) is 6.10 Å². The van der Waals surface area contributed by atoms with Crippen LogP contribution in [0.25, 0.3) is 0 Å². The second-order valence-electron chi connectivity index (χ2n) is 5.20. The number of hydrogen-bond acceptors (Lipinski definition) is 3. The topological polar surface area (TPSA) is 78.4 Å². The summed E-state index contributed by atoms with van der Waals surface area (Å²) in [5, 5.41) is 14.4. The van der Waals surface area contributed by atoms with Gasteiger partial charge < -0.3 is 15.7 Å². The van der Waals surface area contributed by atoms with Crippen LogP contribution < -0.4 is 10.6 Å². The second kappa shape index (κ2) is 7.65. The van der Waals surface area contributed by atoms with Gasteiger partial charge in [0.15, 0.2) is 0 Å². The number of carbonyl (C=O) groups is 2. The standard InChI is InChI=1S/C17H16F2N2O3/c1-10-2-7-13(8-14(10)19)21-17(24)16(23)20-9-15(22)11-3-5-12(18)6-4-11/h2-8,15,22H,9H2,1H3,(H,20,23)(H,21,24). The number of halogens is 2. The van der Waals surface area contributed by atoms with Crippen LogP contribution in [0.15, 0.2) is 42.5 Å². The Morgan fingerprint density at radius 1 is 1.08 bits per heavy atom. The van der Waals surface area contributed by atoms with Gasteiger partial charge in [-0.05, 0) is 42.3 Å². The first-order valence-electron chi connectivity index (χ1n) is 7.15. The molecular weight excluding hydrogens is 318 g/mol. The molecule has 24 heavy (non-hydrogen) atoms. The van der Waals surface area contributed by atoms with E-state index in [2.05, 4.69) is 10.6 Å². The fourth-order valence-corrected chi connectivity index (χ4v) is 1.93. The van der Waals surface area contributed by atoms with Gasteiger partial charge in [-0.15, -0.1) is 0 Å². The Labute approximate surface area is 137 Å². The van der Waals surface area contributed by atoms with Crippen molar-refractivity contribution in [3.05, 3.63) is 65.2 Å². The summed E-state index contributed by atoms with van der Waals surface area (Å²) >= 11 is 0. The summed E-state index contributed by atoms with van der Waals surface area (Å²) in [6.45, 7) is 1.35. The van der Waals surface area contributed by atoms with Gasteiger partial charge in [-0.2, -0.15) is 0 Å². The number of rotatable bonds is 4. The molecule has 0 bridgehead atoms. The zero-order valence-electron chi connectivity index (χ0n) is 12.8. The number of aliphatic hydroxyl groups excluding tert-OH is 1. The van der Waals surface area contributed by atoms with Crippen LogP contribution in [0, 0.1) is 18.6 Å². The molecular formula is C17H16F2N2O3. The molecule has 1 unspecified atom stereocenters. The SMILES string of the molecule is Cc1ccc(NC(=O)C(=O)NCC(O)c2ccc(F)cc2)cc1F. The molecule has 0 heterocycles. The van der Waals surface area contributed by atoms with Crippen molar-refractivity contribution < 1.29 is 23.5 Å². The number of nitrogens with one attached hydrogen (secondary N) is 2. The minimum absolute atomic E-state index is 0.150. The van der Waals surface area contributed by atoms with E-state index in [0.29, 0.717) is 11.1 Å². The van der Waals surface area contributed by atoms with E-state index in [-0.39, 0.29) is 12.2 Å². The first-order chi connectivity index (χ1) is 11.4. The Morgan fingerprint density at radius 3 is 2.38 bits per heavy atom. The van der Waals surface area contributed by atoms with Crippen LogP contribution >= 0.6 is 0 Å². The van der Waals surface area contributed by atoms with E-state index in [1.54, 1.807) is 6.92 Å². The Bertz CT molecular complexity index is 748. The first kappa shape index (κ1) is 17.6. The smallest absolute Gasteiger partial charge is 0.313 e. The summed E-state index contributed by atoms with van der Waals surface area (Å²) in [5.41, 5.74) is 0.968. The number of anilines is 1. The predicted octanol–water partition coefficient (Wildman–Crippen LogP) is 2.06. The Morgan fingerprint density at radius 2 is 1.75 bits per heavy atom. The van der Waals surface area contributed by atoms with Gasteiger partial charge in [0, 0.05) is 12.2 Å². The summed E-state index contributed by atoms with van der Waals surface area (Å²) < 4.78 is 26.2. The molecule has 0 aliphatic heterocycles. The highest BCUT2D eigenvalue weighted by molar-refractivity contribution is 6.39. The lowest BCUT2D eigenvalue weighted by atomic mass is 10.1. The van der Waals surface area contributed by atoms with Crippen LogP contribution in [-0.4, -0.2) is 23.5 Å². The molecule has 0 saturated carbocycles. The van der Waals surface area contributed by atoms with Crippen LogP contribution in [0.2, 0.25) is 0 Å². The maximum absolute atomic E-state index is 13.4. The lowest BCUT2D eigenvalue weighted by Gasteiger charge is -2.12. The minimum atomic E-state index is -1.08. The van der Waals surface area contributed by atoms with E-state index >= 15 is 0 Å². The van der Waals surface area contributed by atoms with E-state index in [1.165, 1.54) is 36.4 Å². The summed E-state index contributed by atoms with van der Waals surface area (Å²) in [6, 6.07) is 9.16. The lowest BCUT2D eigenvalue weighted by molar-refractivity contribution is -0.136. The maximum Gasteiger partial charge on any atom is 0.313 e. The van der Waals surface area contributed by atoms with Crippen molar-refractivity contribution in [3.8, 4) is 0 Å². The van der Waals surface area contributed by atoms with Crippen molar-refractivity contribution >= 4 is 17.5 Å². The molecule has 0 aromatic heterocycles. The first-order valence-corrected chi connectivity index (χ1v) is 7.15. The third kappa shape index (κ3) is 4.60. The molecule has 0 aliphatic carbocycles. The molecule has 5 nitrogen and oxygen atoms in total.